The predicted octanol–water partition coefficient (Wildman–Crippen LogP) is 3.59. The van der Waals surface area contributed by atoms with Crippen molar-refractivity contribution < 1.29 is 4.74 Å². The summed E-state index contributed by atoms with van der Waals surface area (Å²) in [5.74, 6) is 1.92. The summed E-state index contributed by atoms with van der Waals surface area (Å²) in [4.78, 5) is 4.54. The minimum absolute atomic E-state index is 0.866. The van der Waals surface area contributed by atoms with E-state index in [0.717, 1.165) is 42.0 Å². The maximum absolute atomic E-state index is 5.32. The summed E-state index contributed by atoms with van der Waals surface area (Å²) in [6.45, 7) is 1.80. The Kier molecular flexibility index (Phi) is 4.78. The monoisotopic (exact) mass is 358 g/mol. The van der Waals surface area contributed by atoms with Crippen molar-refractivity contribution in [2.24, 2.45) is 4.99 Å². The molecule has 2 aromatic carbocycles. The lowest BCUT2D eigenvalue weighted by Gasteiger charge is -2.11. The Hall–Kier alpha value is -1.81. The molecule has 0 amide bonds. The van der Waals surface area contributed by atoms with E-state index in [2.05, 4.69) is 56.6 Å². The molecule has 1 N–H and O–H groups in total. The molecule has 0 aliphatic carbocycles. The van der Waals surface area contributed by atoms with Gasteiger partial charge in [-0.3, -0.25) is 4.99 Å². The van der Waals surface area contributed by atoms with Gasteiger partial charge in [-0.05, 0) is 42.2 Å². The van der Waals surface area contributed by atoms with Crippen LogP contribution in [0.2, 0.25) is 0 Å². The van der Waals surface area contributed by atoms with Crippen molar-refractivity contribution in [3.63, 3.8) is 0 Å². The molecular weight excluding hydrogens is 340 g/mol. The maximum Gasteiger partial charge on any atom is 0.128 e. The van der Waals surface area contributed by atoms with E-state index in [1.54, 1.807) is 7.11 Å². The van der Waals surface area contributed by atoms with Gasteiger partial charge in [0.1, 0.15) is 11.6 Å². The zero-order valence-corrected chi connectivity index (χ0v) is 14.2. The van der Waals surface area contributed by atoms with Gasteiger partial charge in [-0.15, -0.1) is 0 Å². The lowest BCUT2D eigenvalue weighted by Crippen LogP contribution is -2.21. The van der Waals surface area contributed by atoms with E-state index in [-0.39, 0.29) is 0 Å². The lowest BCUT2D eigenvalue weighted by molar-refractivity contribution is 0.414. The molecule has 0 unspecified atom stereocenters. The normalized spacial score (nSPS) is 13.6. The Morgan fingerprint density at radius 3 is 2.73 bits per heavy atom. The molecule has 1 aliphatic heterocycles. The van der Waals surface area contributed by atoms with Crippen molar-refractivity contribution >= 4 is 21.8 Å². The van der Waals surface area contributed by atoms with Gasteiger partial charge < -0.3 is 10.1 Å². The van der Waals surface area contributed by atoms with Crippen LogP contribution in [0.5, 0.6) is 5.75 Å². The summed E-state index contributed by atoms with van der Waals surface area (Å²) in [5.41, 5.74) is 3.81. The number of ether oxygens (including phenoxy) is 1. The zero-order chi connectivity index (χ0) is 15.4. The van der Waals surface area contributed by atoms with E-state index in [1.807, 2.05) is 12.1 Å². The molecule has 3 nitrogen and oxygen atoms in total. The van der Waals surface area contributed by atoms with Crippen molar-refractivity contribution in [1.82, 2.24) is 5.32 Å². The Morgan fingerprint density at radius 2 is 1.95 bits per heavy atom. The first-order valence-electron chi connectivity index (χ1n) is 7.47. The van der Waals surface area contributed by atoms with Gasteiger partial charge in [0.25, 0.3) is 0 Å². The summed E-state index contributed by atoms with van der Waals surface area (Å²) in [5, 5.41) is 3.36. The van der Waals surface area contributed by atoms with Crippen LogP contribution in [0.4, 0.5) is 0 Å². The molecule has 22 heavy (non-hydrogen) atoms. The smallest absolute Gasteiger partial charge is 0.128 e. The van der Waals surface area contributed by atoms with E-state index >= 15 is 0 Å². The second-order valence-corrected chi connectivity index (χ2v) is 6.13. The quantitative estimate of drug-likeness (QED) is 0.885. The van der Waals surface area contributed by atoms with Crippen molar-refractivity contribution in [3.8, 4) is 5.75 Å². The van der Waals surface area contributed by atoms with Crippen LogP contribution in [0, 0.1) is 0 Å². The van der Waals surface area contributed by atoms with E-state index in [4.69, 9.17) is 4.74 Å². The number of rotatable bonds is 5. The number of aliphatic imine (C=N–C) groups is 1. The molecule has 4 heteroatoms. The van der Waals surface area contributed by atoms with E-state index in [1.165, 1.54) is 16.7 Å². The van der Waals surface area contributed by atoms with Crippen LogP contribution in [0.15, 0.2) is 51.9 Å². The fourth-order valence-corrected chi connectivity index (χ4v) is 3.13. The highest BCUT2D eigenvalue weighted by Gasteiger charge is 2.12. The average Bonchev–Trinajstić information content (AvgIpc) is 3.09. The number of benzene rings is 2. The summed E-state index contributed by atoms with van der Waals surface area (Å²) in [6.07, 6.45) is 1.94. The first-order valence-corrected chi connectivity index (χ1v) is 8.26. The minimum atomic E-state index is 0.866. The van der Waals surface area contributed by atoms with Crippen LogP contribution in [-0.2, 0) is 12.8 Å². The topological polar surface area (TPSA) is 33.6 Å². The largest absolute Gasteiger partial charge is 0.497 e. The summed E-state index contributed by atoms with van der Waals surface area (Å²) in [6, 6.07) is 14.6. The van der Waals surface area contributed by atoms with Crippen LogP contribution >= 0.6 is 15.9 Å². The predicted molar refractivity (Wildman–Crippen MR) is 94.0 cm³/mol. The van der Waals surface area contributed by atoms with Crippen molar-refractivity contribution in [2.45, 2.75) is 12.8 Å². The second-order valence-electron chi connectivity index (χ2n) is 5.27. The molecular formula is C18H19BrN2O. The molecule has 1 heterocycles. The highest BCUT2D eigenvalue weighted by Crippen LogP contribution is 2.24. The molecule has 0 radical (unpaired) electrons. The van der Waals surface area contributed by atoms with Gasteiger partial charge >= 0.3 is 0 Å². The lowest BCUT2D eigenvalue weighted by atomic mass is 9.99. The number of amidine groups is 1. The van der Waals surface area contributed by atoms with Gasteiger partial charge in [0.15, 0.2) is 0 Å². The molecule has 1 aliphatic rings. The fraction of sp³-hybridized carbons (Fsp3) is 0.278. The van der Waals surface area contributed by atoms with Gasteiger partial charge in [0.05, 0.1) is 13.7 Å². The van der Waals surface area contributed by atoms with Crippen molar-refractivity contribution in [2.75, 3.05) is 20.2 Å². The highest BCUT2D eigenvalue weighted by molar-refractivity contribution is 9.10. The number of nitrogens with zero attached hydrogens (tertiary/aromatic N) is 1. The summed E-state index contributed by atoms with van der Waals surface area (Å²) < 4.78 is 6.44. The molecule has 0 saturated carbocycles. The van der Waals surface area contributed by atoms with Crippen LogP contribution in [-0.4, -0.2) is 26.0 Å². The molecule has 0 bridgehead atoms. The molecule has 0 fully saturated rings. The van der Waals surface area contributed by atoms with E-state index in [0.29, 0.717) is 0 Å². The van der Waals surface area contributed by atoms with Crippen LogP contribution in [0.3, 0.4) is 0 Å². The molecule has 0 spiro atoms. The first kappa shape index (κ1) is 15.1. The van der Waals surface area contributed by atoms with Gasteiger partial charge in [0, 0.05) is 16.6 Å². The molecule has 2 aromatic rings. The Bertz CT molecular complexity index is 697. The molecule has 3 rings (SSSR count). The molecule has 114 valence electrons. The van der Waals surface area contributed by atoms with Crippen molar-refractivity contribution in [1.29, 1.82) is 0 Å². The highest BCUT2D eigenvalue weighted by atomic mass is 79.9. The third-order valence-electron chi connectivity index (χ3n) is 3.86. The Morgan fingerprint density at radius 1 is 1.14 bits per heavy atom. The van der Waals surface area contributed by atoms with Gasteiger partial charge in [-0.2, -0.15) is 0 Å². The van der Waals surface area contributed by atoms with Crippen molar-refractivity contribution in [3.05, 3.63) is 63.6 Å². The van der Waals surface area contributed by atoms with Crippen LogP contribution in [0.25, 0.3) is 0 Å². The minimum Gasteiger partial charge on any atom is -0.497 e. The number of methoxy groups -OCH3 is 1. The van der Waals surface area contributed by atoms with Crippen LogP contribution in [0.1, 0.15) is 16.7 Å². The van der Waals surface area contributed by atoms with Crippen LogP contribution < -0.4 is 10.1 Å². The number of nitrogens with one attached hydrogen (secondary N) is 1. The van der Waals surface area contributed by atoms with Gasteiger partial charge in [0.2, 0.25) is 0 Å². The fourth-order valence-electron chi connectivity index (χ4n) is 2.69. The third-order valence-corrected chi connectivity index (χ3v) is 4.64. The second kappa shape index (κ2) is 6.97. The number of aryl methyl sites for hydroxylation is 2. The van der Waals surface area contributed by atoms with E-state index in [9.17, 15) is 0 Å². The third kappa shape index (κ3) is 3.33. The number of hydrogen-bond donors (Lipinski definition) is 1. The SMILES string of the molecule is COc1ccc(Br)c(CCc2ccccc2C2=NCCN2)c1. The number of halogens is 1. The zero-order valence-electron chi connectivity index (χ0n) is 12.6. The Balaban J connectivity index is 1.80. The Labute approximate surface area is 139 Å². The van der Waals surface area contributed by atoms with Gasteiger partial charge in [-0.1, -0.05) is 40.2 Å². The summed E-state index contributed by atoms with van der Waals surface area (Å²) in [7, 11) is 1.70. The number of hydrogen-bond acceptors (Lipinski definition) is 3. The standard InChI is InChI=1S/C18H19BrN2O/c1-22-15-8-9-17(19)14(12-15)7-6-13-4-2-3-5-16(13)18-20-10-11-21-18/h2-5,8-9,12H,6-7,10-11H2,1H3,(H,20,21). The summed E-state index contributed by atoms with van der Waals surface area (Å²) >= 11 is 3.63. The van der Waals surface area contributed by atoms with E-state index < -0.39 is 0 Å². The van der Waals surface area contributed by atoms with Gasteiger partial charge in [-0.25, -0.2) is 0 Å². The molecule has 0 aromatic heterocycles. The molecule has 0 atom stereocenters. The maximum atomic E-state index is 5.32. The average molecular weight is 359 g/mol. The first-order chi connectivity index (χ1) is 10.8. The molecule has 0 saturated heterocycles.